The monoisotopic (exact) mass is 418 g/mol. The number of rotatable bonds is 3. The molecular weight excluding hydrogens is 392 g/mol. The minimum atomic E-state index is -0.0931. The van der Waals surface area contributed by atoms with Crippen LogP contribution in [0.25, 0.3) is 0 Å². The first kappa shape index (κ1) is 21.3. The van der Waals surface area contributed by atoms with E-state index < -0.39 is 0 Å². The Balaban J connectivity index is 0.00000240. The molecule has 1 aromatic heterocycles. The quantitative estimate of drug-likeness (QED) is 0.817. The Kier molecular flexibility index (Phi) is 6.87. The van der Waals surface area contributed by atoms with Crippen molar-refractivity contribution >= 4 is 24.2 Å². The van der Waals surface area contributed by atoms with Crippen molar-refractivity contribution in [2.75, 3.05) is 39.3 Å². The number of halogens is 1. The van der Waals surface area contributed by atoms with E-state index in [1.165, 1.54) is 0 Å². The number of nitrogens with one attached hydrogen (secondary N) is 1. The van der Waals surface area contributed by atoms with Crippen LogP contribution in [0.5, 0.6) is 0 Å². The second kappa shape index (κ2) is 9.37. The van der Waals surface area contributed by atoms with Crippen molar-refractivity contribution in [2.45, 2.75) is 25.8 Å². The molecular formula is C20H27ClN6O2. The van der Waals surface area contributed by atoms with Gasteiger partial charge in [0.15, 0.2) is 5.69 Å². The summed E-state index contributed by atoms with van der Waals surface area (Å²) in [5.74, 6) is -0.0785. The standard InChI is InChI=1S/C20H26N6O2.ClH/c1-15-18(22-23-26(15)17-7-9-21-10-8-17)20(28)25-13-11-24(12-14-25)19(27)16-5-3-2-4-6-16;/h2-6,17,21H,7-14H2,1H3;1H. The Morgan fingerprint density at radius 1 is 0.966 bits per heavy atom. The third-order valence-electron chi connectivity index (χ3n) is 5.66. The Morgan fingerprint density at radius 2 is 1.55 bits per heavy atom. The number of aromatic nitrogens is 3. The lowest BCUT2D eigenvalue weighted by molar-refractivity contribution is 0.0531. The third-order valence-corrected chi connectivity index (χ3v) is 5.66. The van der Waals surface area contributed by atoms with Crippen LogP contribution in [0, 0.1) is 6.92 Å². The van der Waals surface area contributed by atoms with Gasteiger partial charge in [0.25, 0.3) is 11.8 Å². The molecule has 2 aliphatic rings. The molecule has 3 heterocycles. The van der Waals surface area contributed by atoms with Crippen molar-refractivity contribution < 1.29 is 9.59 Å². The van der Waals surface area contributed by atoms with E-state index in [2.05, 4.69) is 15.6 Å². The van der Waals surface area contributed by atoms with Gasteiger partial charge >= 0.3 is 0 Å². The number of piperazine rings is 1. The van der Waals surface area contributed by atoms with Crippen LogP contribution in [0.1, 0.15) is 45.4 Å². The van der Waals surface area contributed by atoms with Gasteiger partial charge in [-0.1, -0.05) is 23.4 Å². The molecule has 1 aromatic carbocycles. The van der Waals surface area contributed by atoms with Crippen LogP contribution in [-0.4, -0.2) is 75.9 Å². The number of hydrogen-bond donors (Lipinski definition) is 1. The average Bonchev–Trinajstić information content (AvgIpc) is 3.15. The lowest BCUT2D eigenvalue weighted by Crippen LogP contribution is -2.50. The maximum Gasteiger partial charge on any atom is 0.276 e. The van der Waals surface area contributed by atoms with Crippen molar-refractivity contribution in [3.63, 3.8) is 0 Å². The Bertz CT molecular complexity index is 842. The van der Waals surface area contributed by atoms with E-state index in [0.29, 0.717) is 43.5 Å². The minimum Gasteiger partial charge on any atom is -0.335 e. The fourth-order valence-corrected chi connectivity index (χ4v) is 3.96. The van der Waals surface area contributed by atoms with Crippen molar-refractivity contribution in [1.29, 1.82) is 0 Å². The first-order valence-electron chi connectivity index (χ1n) is 9.91. The van der Waals surface area contributed by atoms with Crippen LogP contribution in [0.15, 0.2) is 30.3 Å². The highest BCUT2D eigenvalue weighted by atomic mass is 35.5. The number of carbonyl (C=O) groups is 2. The fraction of sp³-hybridized carbons (Fsp3) is 0.500. The Hall–Kier alpha value is -2.45. The molecule has 9 heteroatoms. The zero-order valence-corrected chi connectivity index (χ0v) is 17.4. The summed E-state index contributed by atoms with van der Waals surface area (Å²) in [6, 6.07) is 9.57. The van der Waals surface area contributed by atoms with Gasteiger partial charge in [-0.15, -0.1) is 17.5 Å². The molecule has 2 amide bonds. The topological polar surface area (TPSA) is 83.4 Å². The zero-order valence-electron chi connectivity index (χ0n) is 16.6. The van der Waals surface area contributed by atoms with Gasteiger partial charge in [0.2, 0.25) is 0 Å². The number of piperidine rings is 1. The molecule has 0 aliphatic carbocycles. The molecule has 0 atom stereocenters. The molecule has 156 valence electrons. The third kappa shape index (κ3) is 4.43. The molecule has 0 radical (unpaired) electrons. The normalized spacial score (nSPS) is 17.7. The predicted octanol–water partition coefficient (Wildman–Crippen LogP) is 1.53. The largest absolute Gasteiger partial charge is 0.335 e. The number of nitrogens with zero attached hydrogens (tertiary/aromatic N) is 5. The van der Waals surface area contributed by atoms with Gasteiger partial charge in [0.05, 0.1) is 11.7 Å². The van der Waals surface area contributed by atoms with E-state index in [4.69, 9.17) is 0 Å². The summed E-state index contributed by atoms with van der Waals surface area (Å²) in [6.07, 6.45) is 2.00. The number of amides is 2. The second-order valence-corrected chi connectivity index (χ2v) is 7.40. The summed E-state index contributed by atoms with van der Waals surface area (Å²) < 4.78 is 1.91. The van der Waals surface area contributed by atoms with Gasteiger partial charge in [-0.25, -0.2) is 4.68 Å². The smallest absolute Gasteiger partial charge is 0.276 e. The Labute approximate surface area is 176 Å². The highest BCUT2D eigenvalue weighted by molar-refractivity contribution is 5.95. The van der Waals surface area contributed by atoms with E-state index >= 15 is 0 Å². The minimum absolute atomic E-state index is 0. The van der Waals surface area contributed by atoms with Crippen molar-refractivity contribution in [2.24, 2.45) is 0 Å². The SMILES string of the molecule is Cc1c(C(=O)N2CCN(C(=O)c3ccccc3)CC2)nnn1C1CCNCC1.Cl. The summed E-state index contributed by atoms with van der Waals surface area (Å²) in [6.45, 7) is 5.93. The highest BCUT2D eigenvalue weighted by Gasteiger charge is 2.29. The molecule has 8 nitrogen and oxygen atoms in total. The summed E-state index contributed by atoms with van der Waals surface area (Å²) in [4.78, 5) is 29.1. The fourth-order valence-electron chi connectivity index (χ4n) is 3.96. The highest BCUT2D eigenvalue weighted by Crippen LogP contribution is 2.21. The van der Waals surface area contributed by atoms with E-state index in [1.807, 2.05) is 41.9 Å². The second-order valence-electron chi connectivity index (χ2n) is 7.40. The molecule has 29 heavy (non-hydrogen) atoms. The van der Waals surface area contributed by atoms with Crippen LogP contribution in [0.4, 0.5) is 0 Å². The predicted molar refractivity (Wildman–Crippen MR) is 111 cm³/mol. The molecule has 2 fully saturated rings. The van der Waals surface area contributed by atoms with Gasteiger partial charge in [-0.3, -0.25) is 9.59 Å². The molecule has 0 bridgehead atoms. The maximum atomic E-state index is 13.0. The molecule has 0 spiro atoms. The number of carbonyl (C=O) groups excluding carboxylic acids is 2. The van der Waals surface area contributed by atoms with E-state index in [-0.39, 0.29) is 24.2 Å². The van der Waals surface area contributed by atoms with Crippen molar-refractivity contribution in [3.05, 3.63) is 47.3 Å². The lowest BCUT2D eigenvalue weighted by Gasteiger charge is -2.34. The average molecular weight is 419 g/mol. The van der Waals surface area contributed by atoms with Crippen LogP contribution in [0.3, 0.4) is 0 Å². The van der Waals surface area contributed by atoms with E-state index in [9.17, 15) is 9.59 Å². The summed E-state index contributed by atoms with van der Waals surface area (Å²) >= 11 is 0. The first-order valence-corrected chi connectivity index (χ1v) is 9.91. The van der Waals surface area contributed by atoms with Gasteiger partial charge in [-0.2, -0.15) is 0 Å². The molecule has 0 unspecified atom stereocenters. The lowest BCUT2D eigenvalue weighted by atomic mass is 10.1. The summed E-state index contributed by atoms with van der Waals surface area (Å²) in [5.41, 5.74) is 1.95. The summed E-state index contributed by atoms with van der Waals surface area (Å²) in [7, 11) is 0. The molecule has 0 saturated carbocycles. The molecule has 1 N–H and O–H groups in total. The van der Waals surface area contributed by atoms with Gasteiger partial charge in [0.1, 0.15) is 0 Å². The maximum absolute atomic E-state index is 13.0. The molecule has 4 rings (SSSR count). The summed E-state index contributed by atoms with van der Waals surface area (Å²) in [5, 5.41) is 11.8. The van der Waals surface area contributed by atoms with Crippen LogP contribution in [0.2, 0.25) is 0 Å². The molecule has 2 aromatic rings. The first-order chi connectivity index (χ1) is 13.6. The molecule has 2 aliphatic heterocycles. The van der Waals surface area contributed by atoms with E-state index in [1.54, 1.807) is 9.80 Å². The molecule has 2 saturated heterocycles. The Morgan fingerprint density at radius 3 is 2.17 bits per heavy atom. The zero-order chi connectivity index (χ0) is 19.5. The van der Waals surface area contributed by atoms with Gasteiger partial charge in [0, 0.05) is 31.7 Å². The number of hydrogen-bond acceptors (Lipinski definition) is 5. The van der Waals surface area contributed by atoms with Crippen molar-refractivity contribution in [1.82, 2.24) is 30.1 Å². The van der Waals surface area contributed by atoms with Crippen LogP contribution in [-0.2, 0) is 0 Å². The number of benzene rings is 1. The van der Waals surface area contributed by atoms with Crippen LogP contribution >= 0.6 is 12.4 Å². The van der Waals surface area contributed by atoms with Crippen molar-refractivity contribution in [3.8, 4) is 0 Å². The van der Waals surface area contributed by atoms with Gasteiger partial charge in [-0.05, 0) is 45.0 Å². The van der Waals surface area contributed by atoms with Crippen LogP contribution < -0.4 is 5.32 Å². The van der Waals surface area contributed by atoms with E-state index in [0.717, 1.165) is 31.6 Å². The van der Waals surface area contributed by atoms with Gasteiger partial charge < -0.3 is 15.1 Å².